The van der Waals surface area contributed by atoms with Gasteiger partial charge in [0.1, 0.15) is 12.1 Å². The maximum atomic E-state index is 8.94. The number of benzene rings is 1. The van der Waals surface area contributed by atoms with Gasteiger partial charge in [-0.25, -0.2) is 0 Å². The first-order chi connectivity index (χ1) is 9.33. The molecule has 0 unspecified atom stereocenters. The molecule has 0 saturated heterocycles. The fraction of sp³-hybridized carbons (Fsp3) is 0.133. The molecule has 92 valence electrons. The average molecular weight is 248 g/mol. The van der Waals surface area contributed by atoms with Crippen LogP contribution in [0.3, 0.4) is 0 Å². The van der Waals surface area contributed by atoms with Crippen LogP contribution in [0.2, 0.25) is 0 Å². The van der Waals surface area contributed by atoms with Crippen LogP contribution in [0.5, 0.6) is 0 Å². The molecular weight excluding hydrogens is 236 g/mol. The third-order valence-corrected chi connectivity index (χ3v) is 2.70. The highest BCUT2D eigenvalue weighted by molar-refractivity contribution is 5.56. The average Bonchev–Trinajstić information content (AvgIpc) is 2.48. The molecule has 0 fully saturated rings. The van der Waals surface area contributed by atoms with Gasteiger partial charge in [-0.2, -0.15) is 10.5 Å². The lowest BCUT2D eigenvalue weighted by atomic mass is 10.1. The minimum absolute atomic E-state index is 0.394. The predicted octanol–water partition coefficient (Wildman–Crippen LogP) is 2.48. The maximum absolute atomic E-state index is 8.94. The molecule has 0 bridgehead atoms. The summed E-state index contributed by atoms with van der Waals surface area (Å²) < 4.78 is 0. The van der Waals surface area contributed by atoms with Gasteiger partial charge < -0.3 is 5.32 Å². The SMILES string of the molecule is N#Cc1ccc(NCCc2ccccn2)cc1C#N. The molecule has 4 heteroatoms. The van der Waals surface area contributed by atoms with Crippen molar-refractivity contribution in [1.29, 1.82) is 10.5 Å². The zero-order chi connectivity index (χ0) is 13.5. The molecule has 0 aliphatic rings. The van der Waals surface area contributed by atoms with Crippen LogP contribution in [0, 0.1) is 22.7 Å². The number of aromatic nitrogens is 1. The van der Waals surface area contributed by atoms with Crippen LogP contribution >= 0.6 is 0 Å². The molecule has 1 N–H and O–H groups in total. The smallest absolute Gasteiger partial charge is 0.101 e. The van der Waals surface area contributed by atoms with Crippen molar-refractivity contribution in [3.63, 3.8) is 0 Å². The fourth-order valence-corrected chi connectivity index (χ4v) is 1.73. The summed E-state index contributed by atoms with van der Waals surface area (Å²) in [5.41, 5.74) is 2.65. The lowest BCUT2D eigenvalue weighted by molar-refractivity contribution is 0.961. The van der Waals surface area contributed by atoms with E-state index in [9.17, 15) is 0 Å². The normalized spacial score (nSPS) is 9.37. The number of anilines is 1. The van der Waals surface area contributed by atoms with Crippen molar-refractivity contribution in [3.8, 4) is 12.1 Å². The lowest BCUT2D eigenvalue weighted by Crippen LogP contribution is -2.06. The number of hydrogen-bond acceptors (Lipinski definition) is 4. The molecule has 0 atom stereocenters. The number of pyridine rings is 1. The molecule has 2 aromatic rings. The summed E-state index contributed by atoms with van der Waals surface area (Å²) in [5, 5.41) is 21.0. The van der Waals surface area contributed by atoms with Gasteiger partial charge >= 0.3 is 0 Å². The molecule has 4 nitrogen and oxygen atoms in total. The van der Waals surface area contributed by atoms with E-state index in [1.54, 1.807) is 24.4 Å². The Morgan fingerprint density at radius 1 is 1.05 bits per heavy atom. The van der Waals surface area contributed by atoms with E-state index in [-0.39, 0.29) is 0 Å². The molecular formula is C15H12N4. The standard InChI is InChI=1S/C15H12N4/c16-10-12-4-5-15(9-13(12)11-17)19-8-6-14-3-1-2-7-18-14/h1-5,7,9,19H,6,8H2. The summed E-state index contributed by atoms with van der Waals surface area (Å²) in [6, 6.07) is 15.0. The third kappa shape index (κ3) is 3.31. The van der Waals surface area contributed by atoms with Gasteiger partial charge in [0.05, 0.1) is 11.1 Å². The van der Waals surface area contributed by atoms with Crippen LogP contribution in [0.25, 0.3) is 0 Å². The van der Waals surface area contributed by atoms with Crippen LogP contribution in [0.15, 0.2) is 42.6 Å². The summed E-state index contributed by atoms with van der Waals surface area (Å²) in [6.45, 7) is 0.730. The van der Waals surface area contributed by atoms with Gasteiger partial charge in [0.25, 0.3) is 0 Å². The molecule has 1 heterocycles. The lowest BCUT2D eigenvalue weighted by Gasteiger charge is -2.06. The first-order valence-corrected chi connectivity index (χ1v) is 5.91. The van der Waals surface area contributed by atoms with Crippen molar-refractivity contribution in [2.45, 2.75) is 6.42 Å². The molecule has 0 aliphatic heterocycles. The van der Waals surface area contributed by atoms with Gasteiger partial charge in [-0.05, 0) is 30.3 Å². The summed E-state index contributed by atoms with van der Waals surface area (Å²) in [5.74, 6) is 0. The Hall–Kier alpha value is -2.85. The Balaban J connectivity index is 1.98. The van der Waals surface area contributed by atoms with Crippen molar-refractivity contribution in [2.75, 3.05) is 11.9 Å². The minimum Gasteiger partial charge on any atom is -0.385 e. The van der Waals surface area contributed by atoms with Gasteiger partial charge in [0, 0.05) is 30.5 Å². The van der Waals surface area contributed by atoms with E-state index in [4.69, 9.17) is 10.5 Å². The molecule has 1 aromatic carbocycles. The molecule has 1 aromatic heterocycles. The molecule has 0 radical (unpaired) electrons. The van der Waals surface area contributed by atoms with Crippen molar-refractivity contribution < 1.29 is 0 Å². The van der Waals surface area contributed by atoms with Crippen LogP contribution in [0.4, 0.5) is 5.69 Å². The number of rotatable bonds is 4. The topological polar surface area (TPSA) is 72.5 Å². The van der Waals surface area contributed by atoms with Gasteiger partial charge in [-0.1, -0.05) is 6.07 Å². The quantitative estimate of drug-likeness (QED) is 0.902. The summed E-state index contributed by atoms with van der Waals surface area (Å²) in [4.78, 5) is 4.24. The monoisotopic (exact) mass is 248 g/mol. The van der Waals surface area contributed by atoms with Gasteiger partial charge in [0.15, 0.2) is 0 Å². The van der Waals surface area contributed by atoms with Crippen LogP contribution in [-0.2, 0) is 6.42 Å². The highest BCUT2D eigenvalue weighted by atomic mass is 14.9. The minimum atomic E-state index is 0.394. The molecule has 2 rings (SSSR count). The van der Waals surface area contributed by atoms with Crippen molar-refractivity contribution in [3.05, 3.63) is 59.4 Å². The third-order valence-electron chi connectivity index (χ3n) is 2.70. The van der Waals surface area contributed by atoms with E-state index in [2.05, 4.69) is 10.3 Å². The van der Waals surface area contributed by atoms with Crippen molar-refractivity contribution >= 4 is 5.69 Å². The largest absolute Gasteiger partial charge is 0.385 e. The maximum Gasteiger partial charge on any atom is 0.101 e. The Morgan fingerprint density at radius 2 is 1.89 bits per heavy atom. The molecule has 0 spiro atoms. The van der Waals surface area contributed by atoms with E-state index in [1.165, 1.54) is 0 Å². The predicted molar refractivity (Wildman–Crippen MR) is 72.3 cm³/mol. The first-order valence-electron chi connectivity index (χ1n) is 5.91. The molecule has 0 saturated carbocycles. The fourth-order valence-electron chi connectivity index (χ4n) is 1.73. The van der Waals surface area contributed by atoms with Crippen LogP contribution < -0.4 is 5.32 Å². The van der Waals surface area contributed by atoms with E-state index < -0.39 is 0 Å². The number of nitrogens with one attached hydrogen (secondary N) is 1. The van der Waals surface area contributed by atoms with Crippen molar-refractivity contribution in [1.82, 2.24) is 4.98 Å². The molecule has 0 aliphatic carbocycles. The van der Waals surface area contributed by atoms with E-state index in [0.717, 1.165) is 24.3 Å². The highest BCUT2D eigenvalue weighted by Crippen LogP contribution is 2.14. The Morgan fingerprint density at radius 3 is 2.58 bits per heavy atom. The number of nitrogens with zero attached hydrogens (tertiary/aromatic N) is 3. The Labute approximate surface area is 112 Å². The van der Waals surface area contributed by atoms with Crippen LogP contribution in [-0.4, -0.2) is 11.5 Å². The summed E-state index contributed by atoms with van der Waals surface area (Å²) >= 11 is 0. The zero-order valence-electron chi connectivity index (χ0n) is 10.3. The summed E-state index contributed by atoms with van der Waals surface area (Å²) in [7, 11) is 0. The molecule has 19 heavy (non-hydrogen) atoms. The second kappa shape index (κ2) is 6.18. The Bertz CT molecular complexity index is 635. The van der Waals surface area contributed by atoms with Gasteiger partial charge in [0.2, 0.25) is 0 Å². The van der Waals surface area contributed by atoms with Gasteiger partial charge in [-0.15, -0.1) is 0 Å². The number of hydrogen-bond donors (Lipinski definition) is 1. The Kier molecular flexibility index (Phi) is 4.10. The molecule has 0 amide bonds. The van der Waals surface area contributed by atoms with Crippen molar-refractivity contribution in [2.24, 2.45) is 0 Å². The van der Waals surface area contributed by atoms with E-state index in [0.29, 0.717) is 11.1 Å². The highest BCUT2D eigenvalue weighted by Gasteiger charge is 2.02. The number of nitriles is 2. The second-order valence-electron chi connectivity index (χ2n) is 3.98. The first kappa shape index (κ1) is 12.6. The second-order valence-corrected chi connectivity index (χ2v) is 3.98. The van der Waals surface area contributed by atoms with Gasteiger partial charge in [-0.3, -0.25) is 4.98 Å². The van der Waals surface area contributed by atoms with E-state index >= 15 is 0 Å². The zero-order valence-corrected chi connectivity index (χ0v) is 10.3. The summed E-state index contributed by atoms with van der Waals surface area (Å²) in [6.07, 6.45) is 2.58. The van der Waals surface area contributed by atoms with E-state index in [1.807, 2.05) is 30.3 Å². The van der Waals surface area contributed by atoms with Crippen LogP contribution in [0.1, 0.15) is 16.8 Å².